The molecule has 2 N–H and O–H groups in total. The summed E-state index contributed by atoms with van der Waals surface area (Å²) in [5.74, 6) is -0.483. The molecule has 1 heterocycles. The molecule has 0 unspecified atom stereocenters. The third-order valence-electron chi connectivity index (χ3n) is 6.01. The number of aliphatic imine (C=N–C) groups is 1. The zero-order valence-electron chi connectivity index (χ0n) is 19.9. The topological polar surface area (TPSA) is 73.8 Å². The number of halogens is 1. The van der Waals surface area contributed by atoms with E-state index in [1.165, 1.54) is 0 Å². The zero-order chi connectivity index (χ0) is 24.8. The standard InChI is InChI=1S/C28H29ClN4O2/c1-19(30-26(34)17-16-20-10-6-8-14-23(20)29)28(35)32-25-18-33(2)24-15-9-7-13-22(24)27(31-25)21-11-4-3-5-12-21/h3-15,19,25H,16-18H2,1-2H3,(H,30,34)(H,32,35)/t19-,25+/m0/s1. The predicted octanol–water partition coefficient (Wildman–Crippen LogP) is 4.21. The SMILES string of the molecule is C[C@H](NC(=O)CCc1ccccc1Cl)C(=O)N[C@@H]1CN(C)c2ccccc2C(c2ccccc2)=N1. The van der Waals surface area contributed by atoms with E-state index in [4.69, 9.17) is 16.6 Å². The van der Waals surface area contributed by atoms with Gasteiger partial charge in [0.25, 0.3) is 0 Å². The lowest BCUT2D eigenvalue weighted by atomic mass is 10.0. The highest BCUT2D eigenvalue weighted by Gasteiger charge is 2.25. The molecule has 0 saturated heterocycles. The number of carbonyl (C=O) groups is 2. The highest BCUT2D eigenvalue weighted by atomic mass is 35.5. The first-order valence-electron chi connectivity index (χ1n) is 11.7. The summed E-state index contributed by atoms with van der Waals surface area (Å²) in [6.45, 7) is 2.19. The molecule has 180 valence electrons. The maximum absolute atomic E-state index is 13.0. The van der Waals surface area contributed by atoms with Gasteiger partial charge >= 0.3 is 0 Å². The summed E-state index contributed by atoms with van der Waals surface area (Å²) in [6.07, 6.45) is 0.285. The molecule has 0 aromatic heterocycles. The van der Waals surface area contributed by atoms with Crippen LogP contribution in [0.1, 0.15) is 30.0 Å². The van der Waals surface area contributed by atoms with E-state index in [2.05, 4.69) is 21.6 Å². The van der Waals surface area contributed by atoms with E-state index in [0.717, 1.165) is 28.1 Å². The van der Waals surface area contributed by atoms with Crippen molar-refractivity contribution in [2.75, 3.05) is 18.5 Å². The number of fused-ring (bicyclic) bond motifs is 1. The number of para-hydroxylation sites is 1. The number of carbonyl (C=O) groups excluding carboxylic acids is 2. The van der Waals surface area contributed by atoms with Crippen LogP contribution in [0.5, 0.6) is 0 Å². The monoisotopic (exact) mass is 488 g/mol. The van der Waals surface area contributed by atoms with Crippen molar-refractivity contribution >= 4 is 34.8 Å². The Morgan fingerprint density at radius 2 is 1.71 bits per heavy atom. The van der Waals surface area contributed by atoms with Gasteiger partial charge in [0.05, 0.1) is 12.3 Å². The van der Waals surface area contributed by atoms with E-state index >= 15 is 0 Å². The Kier molecular flexibility index (Phi) is 7.83. The van der Waals surface area contributed by atoms with E-state index in [1.54, 1.807) is 13.0 Å². The quantitative estimate of drug-likeness (QED) is 0.523. The summed E-state index contributed by atoms with van der Waals surface area (Å²) < 4.78 is 0. The molecule has 1 aliphatic rings. The number of anilines is 1. The molecule has 1 aliphatic heterocycles. The normalized spacial score (nSPS) is 15.9. The molecule has 4 rings (SSSR count). The molecule has 0 saturated carbocycles. The second-order valence-corrected chi connectivity index (χ2v) is 9.05. The molecular weight excluding hydrogens is 460 g/mol. The van der Waals surface area contributed by atoms with Gasteiger partial charge in [0.15, 0.2) is 0 Å². The van der Waals surface area contributed by atoms with E-state index in [-0.39, 0.29) is 18.2 Å². The molecule has 0 fully saturated rings. The summed E-state index contributed by atoms with van der Waals surface area (Å²) in [5.41, 5.74) is 4.78. The van der Waals surface area contributed by atoms with Crippen molar-refractivity contribution in [3.8, 4) is 0 Å². The van der Waals surface area contributed by atoms with E-state index < -0.39 is 12.2 Å². The van der Waals surface area contributed by atoms with Crippen molar-refractivity contribution in [1.82, 2.24) is 10.6 Å². The molecular formula is C28H29ClN4O2. The lowest BCUT2D eigenvalue weighted by molar-refractivity contribution is -0.128. The third kappa shape index (κ3) is 6.08. The summed E-state index contributed by atoms with van der Waals surface area (Å²) in [6, 6.07) is 24.8. The van der Waals surface area contributed by atoms with E-state index in [1.807, 2.05) is 73.8 Å². The maximum atomic E-state index is 13.0. The van der Waals surface area contributed by atoms with Gasteiger partial charge in [-0.1, -0.05) is 78.3 Å². The molecule has 0 bridgehead atoms. The lowest BCUT2D eigenvalue weighted by Crippen LogP contribution is -2.50. The second-order valence-electron chi connectivity index (χ2n) is 8.65. The fourth-order valence-electron chi connectivity index (χ4n) is 4.15. The Morgan fingerprint density at radius 1 is 1.03 bits per heavy atom. The Balaban J connectivity index is 1.44. The molecule has 6 nitrogen and oxygen atoms in total. The first-order chi connectivity index (χ1) is 16.9. The number of likely N-dealkylation sites (N-methyl/N-ethyl adjacent to an activating group) is 1. The lowest BCUT2D eigenvalue weighted by Gasteiger charge is -2.24. The third-order valence-corrected chi connectivity index (χ3v) is 6.38. The predicted molar refractivity (Wildman–Crippen MR) is 141 cm³/mol. The van der Waals surface area contributed by atoms with Crippen LogP contribution in [0.15, 0.2) is 83.9 Å². The Hall–Kier alpha value is -3.64. The molecule has 35 heavy (non-hydrogen) atoms. The summed E-state index contributed by atoms with van der Waals surface area (Å²) in [7, 11) is 1.99. The zero-order valence-corrected chi connectivity index (χ0v) is 20.6. The highest BCUT2D eigenvalue weighted by molar-refractivity contribution is 6.31. The minimum absolute atomic E-state index is 0.202. The Bertz CT molecular complexity index is 1230. The Morgan fingerprint density at radius 3 is 2.49 bits per heavy atom. The number of hydrogen-bond donors (Lipinski definition) is 2. The molecule has 0 aliphatic carbocycles. The fourth-order valence-corrected chi connectivity index (χ4v) is 4.38. The van der Waals surface area contributed by atoms with Gasteiger partial charge in [-0.05, 0) is 31.0 Å². The van der Waals surface area contributed by atoms with Crippen molar-refractivity contribution in [3.63, 3.8) is 0 Å². The summed E-state index contributed by atoms with van der Waals surface area (Å²) >= 11 is 6.17. The molecule has 3 aromatic rings. The number of hydrogen-bond acceptors (Lipinski definition) is 4. The second kappa shape index (κ2) is 11.2. The van der Waals surface area contributed by atoms with Crippen LogP contribution in [-0.4, -0.2) is 43.3 Å². The van der Waals surface area contributed by atoms with Crippen LogP contribution in [0.4, 0.5) is 5.69 Å². The average Bonchev–Trinajstić information content (AvgIpc) is 3.00. The van der Waals surface area contributed by atoms with Crippen molar-refractivity contribution in [2.45, 2.75) is 32.0 Å². The molecule has 2 amide bonds. The van der Waals surface area contributed by atoms with Crippen LogP contribution < -0.4 is 15.5 Å². The minimum atomic E-state index is -0.694. The average molecular weight is 489 g/mol. The van der Waals surface area contributed by atoms with Gasteiger partial charge in [0.1, 0.15) is 12.2 Å². The number of rotatable bonds is 7. The minimum Gasteiger partial charge on any atom is -0.370 e. The number of nitrogens with zero attached hydrogens (tertiary/aromatic N) is 2. The highest BCUT2D eigenvalue weighted by Crippen LogP contribution is 2.26. The molecule has 2 atom stereocenters. The first kappa shape index (κ1) is 24.5. The van der Waals surface area contributed by atoms with Gasteiger partial charge in [-0.15, -0.1) is 0 Å². The van der Waals surface area contributed by atoms with Crippen molar-refractivity contribution < 1.29 is 9.59 Å². The number of aryl methyl sites for hydroxylation is 1. The first-order valence-corrected chi connectivity index (χ1v) is 12.1. The van der Waals surface area contributed by atoms with Crippen LogP contribution in [0.3, 0.4) is 0 Å². The smallest absolute Gasteiger partial charge is 0.243 e. The molecule has 7 heteroatoms. The molecule has 0 radical (unpaired) electrons. The summed E-state index contributed by atoms with van der Waals surface area (Å²) in [5, 5.41) is 6.43. The molecule has 3 aromatic carbocycles. The van der Waals surface area contributed by atoms with Crippen molar-refractivity contribution in [3.05, 3.63) is 101 Å². The number of benzodiazepines with no additional fused rings is 1. The van der Waals surface area contributed by atoms with Crippen LogP contribution in [0.2, 0.25) is 5.02 Å². The molecule has 0 spiro atoms. The number of benzene rings is 3. The summed E-state index contributed by atoms with van der Waals surface area (Å²) in [4.78, 5) is 32.5. The van der Waals surface area contributed by atoms with Gasteiger partial charge in [-0.25, -0.2) is 0 Å². The van der Waals surface area contributed by atoms with E-state index in [9.17, 15) is 9.59 Å². The largest absolute Gasteiger partial charge is 0.370 e. The van der Waals surface area contributed by atoms with Crippen LogP contribution in [0, 0.1) is 0 Å². The van der Waals surface area contributed by atoms with Gasteiger partial charge in [0.2, 0.25) is 11.8 Å². The van der Waals surface area contributed by atoms with Crippen molar-refractivity contribution in [2.24, 2.45) is 4.99 Å². The van der Waals surface area contributed by atoms with Gasteiger partial charge in [-0.3, -0.25) is 14.6 Å². The number of nitrogens with one attached hydrogen (secondary N) is 2. The van der Waals surface area contributed by atoms with Crippen molar-refractivity contribution in [1.29, 1.82) is 0 Å². The van der Waals surface area contributed by atoms with E-state index in [0.29, 0.717) is 18.0 Å². The van der Waals surface area contributed by atoms with Crippen LogP contribution in [0.25, 0.3) is 0 Å². The number of amides is 2. The van der Waals surface area contributed by atoms with Gasteiger partial charge in [-0.2, -0.15) is 0 Å². The Labute approximate surface area is 211 Å². The fraction of sp³-hybridized carbons (Fsp3) is 0.250. The van der Waals surface area contributed by atoms with Gasteiger partial charge < -0.3 is 15.5 Å². The van der Waals surface area contributed by atoms with Crippen LogP contribution >= 0.6 is 11.6 Å². The van der Waals surface area contributed by atoms with Crippen LogP contribution in [-0.2, 0) is 16.0 Å². The maximum Gasteiger partial charge on any atom is 0.243 e. The van der Waals surface area contributed by atoms with Gasteiger partial charge in [0, 0.05) is 35.3 Å².